The SMILES string of the molecule is CN1CC(c2nc(C(=O)NCc3ccc(F)cc3)c(O)c3ncccc23)CC1=O. The number of aromatic hydroxyl groups is 1. The van der Waals surface area contributed by atoms with E-state index in [2.05, 4.69) is 15.3 Å². The van der Waals surface area contributed by atoms with Crippen LogP contribution in [0.15, 0.2) is 42.6 Å². The van der Waals surface area contributed by atoms with Gasteiger partial charge in [0, 0.05) is 44.1 Å². The van der Waals surface area contributed by atoms with Gasteiger partial charge in [-0.1, -0.05) is 12.1 Å². The summed E-state index contributed by atoms with van der Waals surface area (Å²) in [7, 11) is 1.72. The third-order valence-corrected chi connectivity index (χ3v) is 5.07. The molecule has 1 aromatic carbocycles. The second kappa shape index (κ2) is 7.46. The maximum atomic E-state index is 13.0. The highest BCUT2D eigenvalue weighted by Gasteiger charge is 2.32. The molecule has 148 valence electrons. The lowest BCUT2D eigenvalue weighted by Crippen LogP contribution is -2.25. The standard InChI is InChI=1S/C21H19FN4O3/c1-26-11-13(9-16(26)27)17-15-3-2-8-23-18(15)20(28)19(25-17)21(29)24-10-12-4-6-14(22)7-5-12/h2-8,13,28H,9-11H2,1H3,(H,24,29). The van der Waals surface area contributed by atoms with Gasteiger partial charge in [-0.25, -0.2) is 9.37 Å². The van der Waals surface area contributed by atoms with Gasteiger partial charge in [-0.15, -0.1) is 0 Å². The Morgan fingerprint density at radius 3 is 2.76 bits per heavy atom. The van der Waals surface area contributed by atoms with Crippen LogP contribution in [0.2, 0.25) is 0 Å². The number of hydrogen-bond donors (Lipinski definition) is 2. The van der Waals surface area contributed by atoms with Crippen molar-refractivity contribution >= 4 is 22.7 Å². The Morgan fingerprint density at radius 2 is 2.07 bits per heavy atom. The van der Waals surface area contributed by atoms with Crippen molar-refractivity contribution in [3.8, 4) is 5.75 Å². The van der Waals surface area contributed by atoms with Crippen LogP contribution in [0.3, 0.4) is 0 Å². The van der Waals surface area contributed by atoms with E-state index in [-0.39, 0.29) is 47.6 Å². The first-order valence-electron chi connectivity index (χ1n) is 9.18. The van der Waals surface area contributed by atoms with Crippen LogP contribution in [0.4, 0.5) is 4.39 Å². The van der Waals surface area contributed by atoms with E-state index >= 15 is 0 Å². The number of likely N-dealkylation sites (N-methyl/N-ethyl adjacent to an activating group) is 1. The summed E-state index contributed by atoms with van der Waals surface area (Å²) in [6.07, 6.45) is 1.81. The third kappa shape index (κ3) is 3.61. The second-order valence-electron chi connectivity index (χ2n) is 7.08. The summed E-state index contributed by atoms with van der Waals surface area (Å²) in [5.41, 5.74) is 1.40. The maximum Gasteiger partial charge on any atom is 0.274 e. The normalized spacial score (nSPS) is 16.4. The Hall–Kier alpha value is -3.55. The molecule has 1 aliphatic heterocycles. The van der Waals surface area contributed by atoms with Crippen molar-refractivity contribution < 1.29 is 19.1 Å². The highest BCUT2D eigenvalue weighted by atomic mass is 19.1. The second-order valence-corrected chi connectivity index (χ2v) is 7.08. The minimum atomic E-state index is -0.571. The Labute approximate surface area is 166 Å². The molecule has 8 heteroatoms. The summed E-state index contributed by atoms with van der Waals surface area (Å²) in [6.45, 7) is 0.637. The van der Waals surface area contributed by atoms with Crippen molar-refractivity contribution in [1.29, 1.82) is 0 Å². The molecule has 1 saturated heterocycles. The zero-order chi connectivity index (χ0) is 20.5. The molecule has 2 amide bonds. The Morgan fingerprint density at radius 1 is 1.31 bits per heavy atom. The van der Waals surface area contributed by atoms with Gasteiger partial charge in [0.1, 0.15) is 11.3 Å². The number of fused-ring (bicyclic) bond motifs is 1. The summed E-state index contributed by atoms with van der Waals surface area (Å²) in [6, 6.07) is 9.24. The first-order chi connectivity index (χ1) is 13.9. The highest BCUT2D eigenvalue weighted by Crippen LogP contribution is 2.35. The fraction of sp³-hybridized carbons (Fsp3) is 0.238. The Balaban J connectivity index is 1.68. The molecule has 7 nitrogen and oxygen atoms in total. The highest BCUT2D eigenvalue weighted by molar-refractivity contribution is 6.01. The third-order valence-electron chi connectivity index (χ3n) is 5.07. The largest absolute Gasteiger partial charge is 0.504 e. The zero-order valence-electron chi connectivity index (χ0n) is 15.7. The van der Waals surface area contributed by atoms with E-state index in [9.17, 15) is 19.1 Å². The Kier molecular flexibility index (Phi) is 4.84. The zero-order valence-corrected chi connectivity index (χ0v) is 15.7. The number of aromatic nitrogens is 2. The number of rotatable bonds is 4. The van der Waals surface area contributed by atoms with E-state index in [1.807, 2.05) is 0 Å². The van der Waals surface area contributed by atoms with Crippen LogP contribution in [-0.4, -0.2) is 45.4 Å². The monoisotopic (exact) mass is 394 g/mol. The van der Waals surface area contributed by atoms with E-state index in [1.165, 1.54) is 18.3 Å². The summed E-state index contributed by atoms with van der Waals surface area (Å²) in [5, 5.41) is 13.9. The average molecular weight is 394 g/mol. The molecule has 0 spiro atoms. The smallest absolute Gasteiger partial charge is 0.274 e. The number of amides is 2. The van der Waals surface area contributed by atoms with E-state index < -0.39 is 5.91 Å². The lowest BCUT2D eigenvalue weighted by atomic mass is 9.98. The van der Waals surface area contributed by atoms with Crippen molar-refractivity contribution in [2.45, 2.75) is 18.9 Å². The molecule has 4 rings (SSSR count). The summed E-state index contributed by atoms with van der Waals surface area (Å²) < 4.78 is 13.0. The summed E-state index contributed by atoms with van der Waals surface area (Å²) in [5.74, 6) is -1.43. The number of likely N-dealkylation sites (tertiary alicyclic amines) is 1. The lowest BCUT2D eigenvalue weighted by molar-refractivity contribution is -0.126. The predicted octanol–water partition coefficient (Wildman–Crippen LogP) is 2.35. The van der Waals surface area contributed by atoms with Gasteiger partial charge in [0.25, 0.3) is 5.91 Å². The summed E-state index contributed by atoms with van der Waals surface area (Å²) in [4.78, 5) is 35.0. The van der Waals surface area contributed by atoms with E-state index in [4.69, 9.17) is 0 Å². The van der Waals surface area contributed by atoms with Gasteiger partial charge in [0.2, 0.25) is 5.91 Å². The van der Waals surface area contributed by atoms with Crippen LogP contribution in [0.5, 0.6) is 5.75 Å². The van der Waals surface area contributed by atoms with E-state index in [1.54, 1.807) is 36.2 Å². The van der Waals surface area contributed by atoms with Crippen LogP contribution in [-0.2, 0) is 11.3 Å². The predicted molar refractivity (Wildman–Crippen MR) is 104 cm³/mol. The van der Waals surface area contributed by atoms with Crippen molar-refractivity contribution in [3.63, 3.8) is 0 Å². The molecule has 0 saturated carbocycles. The molecule has 2 aromatic heterocycles. The number of pyridine rings is 2. The van der Waals surface area contributed by atoms with Crippen LogP contribution in [0.25, 0.3) is 10.9 Å². The molecule has 0 radical (unpaired) electrons. The van der Waals surface area contributed by atoms with Crippen molar-refractivity contribution in [2.75, 3.05) is 13.6 Å². The first-order valence-corrected chi connectivity index (χ1v) is 9.18. The molecular formula is C21H19FN4O3. The molecule has 2 N–H and O–H groups in total. The molecule has 1 atom stereocenters. The van der Waals surface area contributed by atoms with Crippen molar-refractivity contribution in [1.82, 2.24) is 20.2 Å². The maximum absolute atomic E-state index is 13.0. The molecule has 3 aromatic rings. The van der Waals surface area contributed by atoms with E-state index in [0.717, 1.165) is 0 Å². The van der Waals surface area contributed by atoms with Crippen molar-refractivity contribution in [2.24, 2.45) is 0 Å². The van der Waals surface area contributed by atoms with Crippen molar-refractivity contribution in [3.05, 3.63) is 65.4 Å². The van der Waals surface area contributed by atoms with Gasteiger partial charge in [-0.3, -0.25) is 14.6 Å². The fourth-order valence-electron chi connectivity index (χ4n) is 3.53. The number of halogens is 1. The number of carbonyl (C=O) groups is 2. The number of benzene rings is 1. The quantitative estimate of drug-likeness (QED) is 0.708. The van der Waals surface area contributed by atoms with Crippen LogP contribution >= 0.6 is 0 Å². The molecule has 1 fully saturated rings. The van der Waals surface area contributed by atoms with Gasteiger partial charge < -0.3 is 15.3 Å². The lowest BCUT2D eigenvalue weighted by Gasteiger charge is -2.15. The fourth-order valence-corrected chi connectivity index (χ4v) is 3.53. The Bertz CT molecular complexity index is 1100. The van der Waals surface area contributed by atoms with Gasteiger partial charge in [-0.2, -0.15) is 0 Å². The molecule has 1 aliphatic rings. The summed E-state index contributed by atoms with van der Waals surface area (Å²) >= 11 is 0. The molecule has 1 unspecified atom stereocenters. The van der Waals surface area contributed by atoms with Crippen LogP contribution in [0.1, 0.15) is 34.1 Å². The topological polar surface area (TPSA) is 95.4 Å². The van der Waals surface area contributed by atoms with E-state index in [0.29, 0.717) is 23.2 Å². The van der Waals surface area contributed by atoms with Crippen LogP contribution < -0.4 is 5.32 Å². The van der Waals surface area contributed by atoms with Gasteiger partial charge >= 0.3 is 0 Å². The number of hydrogen-bond acceptors (Lipinski definition) is 5. The number of nitrogens with zero attached hydrogens (tertiary/aromatic N) is 3. The molecule has 3 heterocycles. The van der Waals surface area contributed by atoms with Gasteiger partial charge in [0.15, 0.2) is 11.4 Å². The van der Waals surface area contributed by atoms with Crippen LogP contribution in [0, 0.1) is 5.82 Å². The average Bonchev–Trinajstić information content (AvgIpc) is 3.06. The minimum Gasteiger partial charge on any atom is -0.504 e. The molecule has 0 bridgehead atoms. The number of carbonyl (C=O) groups excluding carboxylic acids is 2. The minimum absolute atomic E-state index is 0.00391. The molecular weight excluding hydrogens is 375 g/mol. The first kappa shape index (κ1) is 18.8. The molecule has 0 aliphatic carbocycles. The van der Waals surface area contributed by atoms with Gasteiger partial charge in [0.05, 0.1) is 5.69 Å². The van der Waals surface area contributed by atoms with Gasteiger partial charge in [-0.05, 0) is 29.8 Å². The molecule has 29 heavy (non-hydrogen) atoms. The number of nitrogens with one attached hydrogen (secondary N) is 1.